The molecule has 0 aliphatic carbocycles. The van der Waals surface area contributed by atoms with Crippen LogP contribution in [-0.2, 0) is 16.1 Å². The van der Waals surface area contributed by atoms with Gasteiger partial charge >= 0.3 is 0 Å². The SMILES string of the molecule is CC.CNC(=O)C(CCC=O)N1Cc2cc(N3CCNCC3)c(OC)cc2C1=O. The largest absolute Gasteiger partial charge is 0.495 e. The summed E-state index contributed by atoms with van der Waals surface area (Å²) in [6.07, 6.45) is 1.31. The minimum atomic E-state index is -0.659. The monoisotopic (exact) mass is 404 g/mol. The van der Waals surface area contributed by atoms with Crippen LogP contribution in [0.15, 0.2) is 12.1 Å². The number of carbonyl (C=O) groups excluding carboxylic acids is 3. The number of hydrogen-bond donors (Lipinski definition) is 2. The number of carbonyl (C=O) groups is 3. The number of benzene rings is 1. The summed E-state index contributed by atoms with van der Waals surface area (Å²) in [4.78, 5) is 39.8. The number of anilines is 1. The van der Waals surface area contributed by atoms with Crippen LogP contribution in [0.2, 0.25) is 0 Å². The lowest BCUT2D eigenvalue weighted by Crippen LogP contribution is -2.46. The van der Waals surface area contributed by atoms with E-state index in [1.54, 1.807) is 18.1 Å². The van der Waals surface area contributed by atoms with E-state index >= 15 is 0 Å². The second-order valence-corrected chi connectivity index (χ2v) is 6.73. The Hall–Kier alpha value is -2.61. The maximum atomic E-state index is 13.0. The molecule has 1 atom stereocenters. The Balaban J connectivity index is 0.00000145. The van der Waals surface area contributed by atoms with E-state index in [4.69, 9.17) is 4.74 Å². The Kier molecular flexibility index (Phi) is 8.45. The van der Waals surface area contributed by atoms with Crippen LogP contribution < -0.4 is 20.3 Å². The van der Waals surface area contributed by atoms with Crippen molar-refractivity contribution in [1.82, 2.24) is 15.5 Å². The molecule has 0 aromatic heterocycles. The number of piperazine rings is 1. The fourth-order valence-electron chi connectivity index (χ4n) is 3.74. The zero-order valence-corrected chi connectivity index (χ0v) is 17.8. The lowest BCUT2D eigenvalue weighted by Gasteiger charge is -2.31. The quantitative estimate of drug-likeness (QED) is 0.663. The summed E-state index contributed by atoms with van der Waals surface area (Å²) < 4.78 is 5.54. The lowest BCUT2D eigenvalue weighted by atomic mass is 10.1. The molecular weight excluding hydrogens is 372 g/mol. The molecule has 29 heavy (non-hydrogen) atoms. The maximum absolute atomic E-state index is 13.0. The summed E-state index contributed by atoms with van der Waals surface area (Å²) in [7, 11) is 3.14. The number of hydrogen-bond acceptors (Lipinski definition) is 6. The van der Waals surface area contributed by atoms with Crippen LogP contribution >= 0.6 is 0 Å². The van der Waals surface area contributed by atoms with Gasteiger partial charge in [-0.25, -0.2) is 0 Å². The number of ether oxygens (including phenoxy) is 1. The molecule has 160 valence electrons. The summed E-state index contributed by atoms with van der Waals surface area (Å²) in [5.41, 5.74) is 2.41. The van der Waals surface area contributed by atoms with Crippen LogP contribution in [0.25, 0.3) is 0 Å². The van der Waals surface area contributed by atoms with E-state index in [0.29, 0.717) is 24.3 Å². The number of amides is 2. The third-order valence-corrected chi connectivity index (χ3v) is 5.18. The molecule has 8 heteroatoms. The summed E-state index contributed by atoms with van der Waals surface area (Å²) in [6.45, 7) is 7.89. The molecule has 2 heterocycles. The van der Waals surface area contributed by atoms with Crippen LogP contribution in [0.1, 0.15) is 42.6 Å². The number of methoxy groups -OCH3 is 1. The molecule has 1 saturated heterocycles. The van der Waals surface area contributed by atoms with E-state index in [0.717, 1.165) is 43.7 Å². The van der Waals surface area contributed by atoms with Gasteiger partial charge in [-0.05, 0) is 24.1 Å². The first-order chi connectivity index (χ1) is 14.1. The normalized spacial score (nSPS) is 16.5. The first-order valence-corrected chi connectivity index (χ1v) is 10.2. The van der Waals surface area contributed by atoms with Crippen LogP contribution in [0.3, 0.4) is 0 Å². The van der Waals surface area contributed by atoms with E-state index in [1.807, 2.05) is 19.9 Å². The minimum Gasteiger partial charge on any atom is -0.495 e. The van der Waals surface area contributed by atoms with Crippen molar-refractivity contribution in [2.45, 2.75) is 39.3 Å². The van der Waals surface area contributed by atoms with Gasteiger partial charge in [0.25, 0.3) is 5.91 Å². The standard InChI is InChI=1S/C19H26N4O4.C2H6/c1-20-18(25)15(4-3-9-24)23-12-13-10-16(22-7-5-21-6-8-22)17(27-2)11-14(13)19(23)26;1-2/h9-11,15,21H,3-8,12H2,1-2H3,(H,20,25);1-2H3. The highest BCUT2D eigenvalue weighted by Crippen LogP contribution is 2.37. The van der Waals surface area contributed by atoms with E-state index in [9.17, 15) is 14.4 Å². The number of fused-ring (bicyclic) bond motifs is 1. The van der Waals surface area contributed by atoms with Crippen LogP contribution in [-0.4, -0.2) is 69.4 Å². The van der Waals surface area contributed by atoms with Crippen LogP contribution in [0, 0.1) is 0 Å². The number of rotatable bonds is 7. The Morgan fingerprint density at radius 3 is 2.59 bits per heavy atom. The van der Waals surface area contributed by atoms with Gasteiger partial charge in [0.05, 0.1) is 12.8 Å². The number of aldehydes is 1. The van der Waals surface area contributed by atoms with Gasteiger partial charge in [0, 0.05) is 51.8 Å². The highest BCUT2D eigenvalue weighted by atomic mass is 16.5. The van der Waals surface area contributed by atoms with Crippen molar-refractivity contribution < 1.29 is 19.1 Å². The van der Waals surface area contributed by atoms with Crippen molar-refractivity contribution in [2.75, 3.05) is 45.2 Å². The van der Waals surface area contributed by atoms with Gasteiger partial charge < -0.3 is 30.0 Å². The van der Waals surface area contributed by atoms with Gasteiger partial charge in [-0.2, -0.15) is 0 Å². The third kappa shape index (κ3) is 4.87. The van der Waals surface area contributed by atoms with Gasteiger partial charge in [-0.3, -0.25) is 9.59 Å². The third-order valence-electron chi connectivity index (χ3n) is 5.18. The summed E-state index contributed by atoms with van der Waals surface area (Å²) in [5, 5.41) is 5.92. The van der Waals surface area contributed by atoms with Crippen LogP contribution in [0.5, 0.6) is 5.75 Å². The topological polar surface area (TPSA) is 91.0 Å². The predicted molar refractivity (Wildman–Crippen MR) is 112 cm³/mol. The van der Waals surface area contributed by atoms with Gasteiger partial charge in [0.15, 0.2) is 0 Å². The zero-order valence-electron chi connectivity index (χ0n) is 17.8. The Labute approximate surface area is 172 Å². The molecule has 2 aliphatic rings. The molecule has 0 bridgehead atoms. The highest BCUT2D eigenvalue weighted by Gasteiger charge is 2.37. The molecule has 8 nitrogen and oxygen atoms in total. The van der Waals surface area contributed by atoms with Crippen molar-refractivity contribution in [3.8, 4) is 5.75 Å². The molecular formula is C21H32N4O4. The van der Waals surface area contributed by atoms with Gasteiger partial charge in [-0.1, -0.05) is 13.8 Å². The highest BCUT2D eigenvalue weighted by molar-refractivity contribution is 6.02. The summed E-state index contributed by atoms with van der Waals surface area (Å²) >= 11 is 0. The molecule has 2 amide bonds. The summed E-state index contributed by atoms with van der Waals surface area (Å²) in [5.74, 6) is 0.206. The van der Waals surface area contributed by atoms with Gasteiger partial charge in [-0.15, -0.1) is 0 Å². The average Bonchev–Trinajstić information content (AvgIpc) is 3.10. The van der Waals surface area contributed by atoms with Crippen molar-refractivity contribution >= 4 is 23.8 Å². The second kappa shape index (κ2) is 10.8. The molecule has 3 rings (SSSR count). The van der Waals surface area contributed by atoms with Gasteiger partial charge in [0.1, 0.15) is 18.1 Å². The van der Waals surface area contributed by atoms with Gasteiger partial charge in [0.2, 0.25) is 5.91 Å². The van der Waals surface area contributed by atoms with Crippen molar-refractivity contribution in [3.05, 3.63) is 23.3 Å². The van der Waals surface area contributed by atoms with Crippen molar-refractivity contribution in [1.29, 1.82) is 0 Å². The summed E-state index contributed by atoms with van der Waals surface area (Å²) in [6, 6.07) is 3.11. The van der Waals surface area contributed by atoms with E-state index < -0.39 is 6.04 Å². The second-order valence-electron chi connectivity index (χ2n) is 6.73. The first-order valence-electron chi connectivity index (χ1n) is 10.2. The molecule has 0 radical (unpaired) electrons. The lowest BCUT2D eigenvalue weighted by molar-refractivity contribution is -0.125. The molecule has 1 fully saturated rings. The zero-order chi connectivity index (χ0) is 21.4. The molecule has 2 aliphatic heterocycles. The Morgan fingerprint density at radius 1 is 1.31 bits per heavy atom. The molecule has 2 N–H and O–H groups in total. The maximum Gasteiger partial charge on any atom is 0.255 e. The average molecular weight is 405 g/mol. The number of nitrogens with zero attached hydrogens (tertiary/aromatic N) is 2. The Morgan fingerprint density at radius 2 is 2.00 bits per heavy atom. The Bertz CT molecular complexity index is 732. The first kappa shape index (κ1) is 22.7. The fraction of sp³-hybridized carbons (Fsp3) is 0.571. The number of likely N-dealkylation sites (N-methyl/N-ethyl adjacent to an activating group) is 1. The predicted octanol–water partition coefficient (Wildman–Crippen LogP) is 1.18. The van der Waals surface area contributed by atoms with E-state index in [2.05, 4.69) is 15.5 Å². The molecule has 1 aromatic rings. The number of nitrogens with one attached hydrogen (secondary N) is 2. The molecule has 1 unspecified atom stereocenters. The molecule has 0 saturated carbocycles. The van der Waals surface area contributed by atoms with Crippen molar-refractivity contribution in [3.63, 3.8) is 0 Å². The minimum absolute atomic E-state index is 0.199. The van der Waals surface area contributed by atoms with E-state index in [1.165, 1.54) is 7.05 Å². The fourth-order valence-corrected chi connectivity index (χ4v) is 3.74. The van der Waals surface area contributed by atoms with Crippen LogP contribution in [0.4, 0.5) is 5.69 Å². The van der Waals surface area contributed by atoms with E-state index in [-0.39, 0.29) is 18.2 Å². The molecule has 1 aromatic carbocycles. The smallest absolute Gasteiger partial charge is 0.255 e. The molecule has 0 spiro atoms. The van der Waals surface area contributed by atoms with Crippen molar-refractivity contribution in [2.24, 2.45) is 0 Å².